The van der Waals surface area contributed by atoms with Crippen LogP contribution in [0.25, 0.3) is 0 Å². The van der Waals surface area contributed by atoms with Gasteiger partial charge in [-0.3, -0.25) is 4.79 Å². The topological polar surface area (TPSA) is 57.5 Å². The molecule has 1 fully saturated rings. The average molecular weight is 352 g/mol. The molecule has 1 aromatic rings. The Morgan fingerprint density at radius 1 is 1.29 bits per heavy atom. The lowest BCUT2D eigenvalue weighted by atomic mass is 9.87. The van der Waals surface area contributed by atoms with Crippen molar-refractivity contribution in [1.82, 2.24) is 0 Å². The van der Waals surface area contributed by atoms with Crippen molar-refractivity contribution in [1.29, 1.82) is 0 Å². The summed E-state index contributed by atoms with van der Waals surface area (Å²) in [6, 6.07) is 3.02. The molecule has 1 aliphatic rings. The largest absolute Gasteiger partial charge is 0.481 e. The van der Waals surface area contributed by atoms with E-state index in [9.17, 15) is 15.0 Å². The second kappa shape index (κ2) is 6.74. The zero-order valence-corrected chi connectivity index (χ0v) is 13.8. The number of aliphatic carboxylic acids is 1. The van der Waals surface area contributed by atoms with Crippen molar-refractivity contribution in [3.63, 3.8) is 0 Å². The first-order valence-corrected chi connectivity index (χ1v) is 8.03. The summed E-state index contributed by atoms with van der Waals surface area (Å²) in [5.41, 5.74) is 0.371. The number of hydrogen-bond donors (Lipinski definition) is 2. The molecule has 0 aromatic heterocycles. The summed E-state index contributed by atoms with van der Waals surface area (Å²) in [4.78, 5) is 11.4. The summed E-state index contributed by atoms with van der Waals surface area (Å²) in [5, 5.41) is 20.9. The molecule has 4 atom stereocenters. The van der Waals surface area contributed by atoms with Gasteiger partial charge >= 0.3 is 5.97 Å². The zero-order chi connectivity index (χ0) is 15.7. The minimum absolute atomic E-state index is 0.268. The number of benzene rings is 1. The smallest absolute Gasteiger partial charge is 0.306 e. The molecule has 1 aromatic carbocycles. The van der Waals surface area contributed by atoms with Crippen LogP contribution in [-0.2, 0) is 4.79 Å². The van der Waals surface area contributed by atoms with Gasteiger partial charge in [-0.2, -0.15) is 0 Å². The van der Waals surface area contributed by atoms with Crippen LogP contribution in [0, 0.1) is 17.8 Å². The molecule has 116 valence electrons. The molecule has 2 N–H and O–H groups in total. The van der Waals surface area contributed by atoms with Gasteiger partial charge in [-0.25, -0.2) is 0 Å². The van der Waals surface area contributed by atoms with E-state index in [1.54, 1.807) is 0 Å². The van der Waals surface area contributed by atoms with Crippen LogP contribution in [0.2, 0.25) is 15.1 Å². The van der Waals surface area contributed by atoms with E-state index < -0.39 is 18.0 Å². The van der Waals surface area contributed by atoms with Crippen LogP contribution in [0.15, 0.2) is 12.1 Å². The van der Waals surface area contributed by atoms with Gasteiger partial charge < -0.3 is 10.2 Å². The molecule has 0 bridgehead atoms. The van der Waals surface area contributed by atoms with Gasteiger partial charge in [0.15, 0.2) is 0 Å². The highest BCUT2D eigenvalue weighted by Gasteiger charge is 2.43. The van der Waals surface area contributed by atoms with Crippen LogP contribution in [0.4, 0.5) is 0 Å². The molecule has 21 heavy (non-hydrogen) atoms. The lowest BCUT2D eigenvalue weighted by molar-refractivity contribution is -0.144. The maximum atomic E-state index is 11.4. The second-order valence-corrected chi connectivity index (χ2v) is 6.83. The zero-order valence-electron chi connectivity index (χ0n) is 11.5. The summed E-state index contributed by atoms with van der Waals surface area (Å²) < 4.78 is 0. The van der Waals surface area contributed by atoms with Crippen LogP contribution in [-0.4, -0.2) is 16.2 Å². The van der Waals surface area contributed by atoms with E-state index in [0.29, 0.717) is 29.3 Å². The molecule has 3 nitrogen and oxygen atoms in total. The molecule has 4 unspecified atom stereocenters. The van der Waals surface area contributed by atoms with Gasteiger partial charge in [0.2, 0.25) is 0 Å². The molecule has 0 amide bonds. The highest BCUT2D eigenvalue weighted by atomic mass is 35.5. The minimum Gasteiger partial charge on any atom is -0.481 e. The Morgan fingerprint density at radius 2 is 1.86 bits per heavy atom. The van der Waals surface area contributed by atoms with Crippen molar-refractivity contribution >= 4 is 40.8 Å². The van der Waals surface area contributed by atoms with E-state index in [2.05, 4.69) is 0 Å². The van der Waals surface area contributed by atoms with Crippen molar-refractivity contribution in [2.24, 2.45) is 17.8 Å². The highest BCUT2D eigenvalue weighted by molar-refractivity contribution is 6.39. The summed E-state index contributed by atoms with van der Waals surface area (Å²) >= 11 is 18.1. The Balaban J connectivity index is 2.34. The normalized spacial score (nSPS) is 26.8. The predicted octanol–water partition coefficient (Wildman–Crippen LogP) is 4.82. The molecule has 0 spiro atoms. The maximum absolute atomic E-state index is 11.4. The average Bonchev–Trinajstić information content (AvgIpc) is 2.81. The first-order chi connectivity index (χ1) is 9.85. The van der Waals surface area contributed by atoms with E-state index in [1.807, 2.05) is 6.92 Å². The molecule has 0 aliphatic heterocycles. The van der Waals surface area contributed by atoms with E-state index in [0.717, 1.165) is 6.42 Å². The third-order valence-electron chi connectivity index (χ3n) is 4.35. The van der Waals surface area contributed by atoms with Gasteiger partial charge in [-0.1, -0.05) is 48.1 Å². The Labute approximate surface area is 138 Å². The van der Waals surface area contributed by atoms with E-state index in [1.165, 1.54) is 12.1 Å². The van der Waals surface area contributed by atoms with Crippen molar-refractivity contribution in [2.45, 2.75) is 32.3 Å². The van der Waals surface area contributed by atoms with E-state index in [4.69, 9.17) is 34.8 Å². The molecule has 2 rings (SSSR count). The number of hydrogen-bond acceptors (Lipinski definition) is 2. The third kappa shape index (κ3) is 3.48. The van der Waals surface area contributed by atoms with E-state index >= 15 is 0 Å². The van der Waals surface area contributed by atoms with Crippen LogP contribution in [0.1, 0.15) is 37.9 Å². The third-order valence-corrected chi connectivity index (χ3v) is 5.19. The first-order valence-electron chi connectivity index (χ1n) is 6.90. The Morgan fingerprint density at radius 3 is 2.33 bits per heavy atom. The number of carboxylic acid groups (broad SMARTS) is 1. The first kappa shape index (κ1) is 16.9. The van der Waals surface area contributed by atoms with Gasteiger partial charge in [0, 0.05) is 26.5 Å². The lowest BCUT2D eigenvalue weighted by Gasteiger charge is -2.24. The number of aliphatic hydroxyl groups is 1. The van der Waals surface area contributed by atoms with Crippen molar-refractivity contribution in [2.75, 3.05) is 0 Å². The van der Waals surface area contributed by atoms with Gasteiger partial charge in [0.05, 0.1) is 12.0 Å². The Bertz CT molecular complexity index is 524. The molecular formula is C15H17Cl3O3. The molecule has 0 radical (unpaired) electrons. The molecule has 0 heterocycles. The second-order valence-electron chi connectivity index (χ2n) is 5.58. The quantitative estimate of drug-likeness (QED) is 0.818. The fraction of sp³-hybridized carbons (Fsp3) is 0.533. The fourth-order valence-electron chi connectivity index (χ4n) is 3.20. The van der Waals surface area contributed by atoms with Gasteiger partial charge in [-0.05, 0) is 30.9 Å². The number of aliphatic hydroxyl groups excluding tert-OH is 1. The van der Waals surface area contributed by atoms with Crippen LogP contribution in [0.3, 0.4) is 0 Å². The summed E-state index contributed by atoms with van der Waals surface area (Å²) in [5.74, 6) is -1.54. The van der Waals surface area contributed by atoms with Crippen LogP contribution < -0.4 is 0 Å². The van der Waals surface area contributed by atoms with Gasteiger partial charge in [0.25, 0.3) is 0 Å². The van der Waals surface area contributed by atoms with E-state index in [-0.39, 0.29) is 16.0 Å². The molecule has 1 aliphatic carbocycles. The van der Waals surface area contributed by atoms with Gasteiger partial charge in [0.1, 0.15) is 0 Å². The number of carbonyl (C=O) groups is 1. The van der Waals surface area contributed by atoms with Crippen LogP contribution in [0.5, 0.6) is 0 Å². The summed E-state index contributed by atoms with van der Waals surface area (Å²) in [6.45, 7) is 2.03. The lowest BCUT2D eigenvalue weighted by Crippen LogP contribution is -2.24. The van der Waals surface area contributed by atoms with Crippen molar-refractivity contribution in [3.8, 4) is 0 Å². The maximum Gasteiger partial charge on any atom is 0.306 e. The summed E-state index contributed by atoms with van der Waals surface area (Å²) in [6.07, 6.45) is 1.13. The summed E-state index contributed by atoms with van der Waals surface area (Å²) in [7, 11) is 0. The van der Waals surface area contributed by atoms with Gasteiger partial charge in [-0.15, -0.1) is 0 Å². The Hall–Kier alpha value is -0.480. The minimum atomic E-state index is -1.00. The molecular weight excluding hydrogens is 335 g/mol. The SMILES string of the molecule is CCC1CC(C(=O)O)C(C(O)c2c(Cl)cc(Cl)cc2Cl)C1. The standard InChI is InChI=1S/C15H17Cl3O3/c1-2-7-3-9(10(4-7)15(20)21)14(19)13-11(17)5-8(16)6-12(13)18/h5-7,9-10,14,19H,2-4H2,1H3,(H,20,21). The number of carboxylic acids is 1. The van der Waals surface area contributed by atoms with Crippen molar-refractivity contribution in [3.05, 3.63) is 32.8 Å². The molecule has 6 heteroatoms. The van der Waals surface area contributed by atoms with Crippen LogP contribution >= 0.6 is 34.8 Å². The molecule has 1 saturated carbocycles. The predicted molar refractivity (Wildman–Crippen MR) is 84.1 cm³/mol. The highest BCUT2D eigenvalue weighted by Crippen LogP contribution is 2.47. The Kier molecular flexibility index (Phi) is 5.42. The number of rotatable bonds is 4. The molecule has 0 saturated heterocycles. The fourth-order valence-corrected chi connectivity index (χ4v) is 4.24. The monoisotopic (exact) mass is 350 g/mol. The number of halogens is 3. The van der Waals surface area contributed by atoms with Crippen molar-refractivity contribution < 1.29 is 15.0 Å².